The summed E-state index contributed by atoms with van der Waals surface area (Å²) in [5.74, 6) is -2.11. The second kappa shape index (κ2) is 10.7. The molecule has 1 saturated heterocycles. The monoisotopic (exact) mass is 479 g/mol. The van der Waals surface area contributed by atoms with E-state index < -0.39 is 29.4 Å². The Morgan fingerprint density at radius 2 is 1.65 bits per heavy atom. The van der Waals surface area contributed by atoms with Gasteiger partial charge in [-0.15, -0.1) is 0 Å². The fourth-order valence-electron chi connectivity index (χ4n) is 3.91. The molecule has 0 bridgehead atoms. The Morgan fingerprint density at radius 1 is 1.03 bits per heavy atom. The van der Waals surface area contributed by atoms with Crippen LogP contribution < -0.4 is 5.32 Å². The van der Waals surface area contributed by atoms with Crippen molar-refractivity contribution in [3.63, 3.8) is 0 Å². The van der Waals surface area contributed by atoms with Crippen molar-refractivity contribution in [3.05, 3.63) is 65.5 Å². The lowest BCUT2D eigenvalue weighted by Gasteiger charge is -2.34. The van der Waals surface area contributed by atoms with Crippen LogP contribution in [0.2, 0.25) is 0 Å². The molecule has 2 aromatic rings. The Morgan fingerprint density at radius 3 is 2.24 bits per heavy atom. The number of likely N-dealkylation sites (tertiary alicyclic amines) is 1. The molecule has 1 N–H and O–H groups in total. The maximum atomic E-state index is 13.2. The van der Waals surface area contributed by atoms with Gasteiger partial charge in [0.25, 0.3) is 5.91 Å². The highest BCUT2D eigenvalue weighted by Crippen LogP contribution is 2.34. The van der Waals surface area contributed by atoms with Crippen molar-refractivity contribution in [2.75, 3.05) is 31.5 Å². The predicted octanol–water partition coefficient (Wildman–Crippen LogP) is 4.18. The molecule has 0 unspecified atom stereocenters. The molecule has 1 heterocycles. The summed E-state index contributed by atoms with van der Waals surface area (Å²) in [5.41, 5.74) is -0.968. The third-order valence-electron chi connectivity index (χ3n) is 5.76. The molecule has 0 aromatic heterocycles. The summed E-state index contributed by atoms with van der Waals surface area (Å²) < 4.78 is 52.5. The molecule has 0 aliphatic carbocycles. The van der Waals surface area contributed by atoms with Crippen molar-refractivity contribution in [2.45, 2.75) is 25.9 Å². The van der Waals surface area contributed by atoms with Gasteiger partial charge in [-0.1, -0.05) is 12.1 Å². The minimum atomic E-state index is -4.62. The second-order valence-electron chi connectivity index (χ2n) is 8.02. The van der Waals surface area contributed by atoms with Crippen LogP contribution in [0.4, 0.5) is 23.2 Å². The van der Waals surface area contributed by atoms with Gasteiger partial charge in [0.15, 0.2) is 0 Å². The minimum Gasteiger partial charge on any atom is -0.339 e. The molecule has 3 amide bonds. The Bertz CT molecular complexity index is 1030. The number of alkyl halides is 3. The van der Waals surface area contributed by atoms with Crippen molar-refractivity contribution in [1.82, 2.24) is 9.80 Å². The summed E-state index contributed by atoms with van der Waals surface area (Å²) in [7, 11) is 0. The highest BCUT2D eigenvalue weighted by atomic mass is 19.4. The molecule has 6 nitrogen and oxygen atoms in total. The van der Waals surface area contributed by atoms with Crippen molar-refractivity contribution < 1.29 is 31.9 Å². The topological polar surface area (TPSA) is 69.7 Å². The van der Waals surface area contributed by atoms with E-state index >= 15 is 0 Å². The van der Waals surface area contributed by atoms with Crippen LogP contribution in [0, 0.1) is 11.7 Å². The quantitative estimate of drug-likeness (QED) is 0.632. The van der Waals surface area contributed by atoms with Crippen molar-refractivity contribution in [3.8, 4) is 0 Å². The molecule has 2 aromatic carbocycles. The highest BCUT2D eigenvalue weighted by Gasteiger charge is 2.34. The van der Waals surface area contributed by atoms with Crippen LogP contribution in [-0.2, 0) is 15.8 Å². The minimum absolute atomic E-state index is 0.210. The van der Waals surface area contributed by atoms with E-state index in [9.17, 15) is 31.9 Å². The van der Waals surface area contributed by atoms with Gasteiger partial charge >= 0.3 is 6.18 Å². The number of hydrogen-bond acceptors (Lipinski definition) is 3. The number of para-hydroxylation sites is 1. The lowest BCUT2D eigenvalue weighted by Crippen LogP contribution is -2.46. The molecule has 1 fully saturated rings. The number of carbonyl (C=O) groups excluding carboxylic acids is 3. The Balaban J connectivity index is 1.56. The molecule has 1 aliphatic rings. The first kappa shape index (κ1) is 25.2. The molecule has 0 atom stereocenters. The number of nitrogens with zero attached hydrogens (tertiary/aromatic N) is 2. The van der Waals surface area contributed by atoms with Crippen LogP contribution in [-0.4, -0.2) is 53.7 Å². The van der Waals surface area contributed by atoms with Gasteiger partial charge in [-0.2, -0.15) is 13.2 Å². The lowest BCUT2D eigenvalue weighted by molar-refractivity contribution is -0.139. The third-order valence-corrected chi connectivity index (χ3v) is 5.76. The van der Waals surface area contributed by atoms with Gasteiger partial charge < -0.3 is 15.1 Å². The average Bonchev–Trinajstić information content (AvgIpc) is 2.82. The van der Waals surface area contributed by atoms with E-state index in [1.165, 1.54) is 41.3 Å². The lowest BCUT2D eigenvalue weighted by atomic mass is 9.94. The van der Waals surface area contributed by atoms with Gasteiger partial charge in [-0.3, -0.25) is 14.4 Å². The molecule has 10 heteroatoms. The van der Waals surface area contributed by atoms with Gasteiger partial charge in [-0.05, 0) is 56.2 Å². The number of rotatable bonds is 6. The number of amides is 3. The molecular formula is C24H25F4N3O3. The summed E-state index contributed by atoms with van der Waals surface area (Å²) in [4.78, 5) is 40.8. The van der Waals surface area contributed by atoms with E-state index in [0.29, 0.717) is 31.5 Å². The van der Waals surface area contributed by atoms with Crippen LogP contribution in [0.3, 0.4) is 0 Å². The van der Waals surface area contributed by atoms with Gasteiger partial charge in [0, 0.05) is 31.1 Å². The standard InChI is InChI=1S/C24H25F4N3O3/c1-2-30(15-21(32)29-20-6-4-3-5-19(20)24(26,27)28)22(33)17-11-13-31(14-12-17)23(34)16-7-9-18(25)10-8-16/h3-10,17H,2,11-15H2,1H3,(H,29,32). The predicted molar refractivity (Wildman–Crippen MR) is 117 cm³/mol. The van der Waals surface area contributed by atoms with E-state index in [2.05, 4.69) is 5.32 Å². The number of hydrogen-bond donors (Lipinski definition) is 1. The zero-order valence-corrected chi connectivity index (χ0v) is 18.6. The molecule has 1 aliphatic heterocycles. The summed E-state index contributed by atoms with van der Waals surface area (Å²) >= 11 is 0. The second-order valence-corrected chi connectivity index (χ2v) is 8.02. The normalized spacial score (nSPS) is 14.6. The van der Waals surface area contributed by atoms with Crippen LogP contribution in [0.25, 0.3) is 0 Å². The zero-order chi connectivity index (χ0) is 24.9. The number of nitrogens with one attached hydrogen (secondary N) is 1. The maximum Gasteiger partial charge on any atom is 0.418 e. The van der Waals surface area contributed by atoms with Crippen LogP contribution in [0.5, 0.6) is 0 Å². The number of likely N-dealkylation sites (N-methyl/N-ethyl adjacent to an activating group) is 1. The van der Waals surface area contributed by atoms with Crippen molar-refractivity contribution in [1.29, 1.82) is 0 Å². The largest absolute Gasteiger partial charge is 0.418 e. The highest BCUT2D eigenvalue weighted by molar-refractivity contribution is 5.96. The molecular weight excluding hydrogens is 454 g/mol. The Hall–Kier alpha value is -3.43. The first-order valence-corrected chi connectivity index (χ1v) is 10.9. The molecule has 182 valence electrons. The zero-order valence-electron chi connectivity index (χ0n) is 18.6. The third kappa shape index (κ3) is 6.12. The van der Waals surface area contributed by atoms with Crippen molar-refractivity contribution >= 4 is 23.4 Å². The fraction of sp³-hybridized carbons (Fsp3) is 0.375. The number of anilines is 1. The number of benzene rings is 2. The summed E-state index contributed by atoms with van der Waals surface area (Å²) in [6, 6.07) is 9.88. The van der Waals surface area contributed by atoms with Gasteiger partial charge in [0.05, 0.1) is 17.8 Å². The summed E-state index contributed by atoms with van der Waals surface area (Å²) in [6.07, 6.45) is -3.84. The summed E-state index contributed by atoms with van der Waals surface area (Å²) in [6.45, 7) is 2.17. The molecule has 3 rings (SSSR count). The average molecular weight is 479 g/mol. The first-order valence-electron chi connectivity index (χ1n) is 10.9. The molecule has 34 heavy (non-hydrogen) atoms. The van der Waals surface area contributed by atoms with Gasteiger partial charge in [0.2, 0.25) is 11.8 Å². The van der Waals surface area contributed by atoms with E-state index in [0.717, 1.165) is 12.1 Å². The molecule has 0 radical (unpaired) electrons. The van der Waals surface area contributed by atoms with Crippen LogP contribution in [0.1, 0.15) is 35.7 Å². The fourth-order valence-corrected chi connectivity index (χ4v) is 3.91. The first-order chi connectivity index (χ1) is 16.1. The van der Waals surface area contributed by atoms with Gasteiger partial charge in [-0.25, -0.2) is 4.39 Å². The number of carbonyl (C=O) groups is 3. The molecule has 0 spiro atoms. The summed E-state index contributed by atoms with van der Waals surface area (Å²) in [5, 5.41) is 2.25. The number of piperidine rings is 1. The Kier molecular flexibility index (Phi) is 7.90. The van der Waals surface area contributed by atoms with E-state index in [4.69, 9.17) is 0 Å². The molecule has 0 saturated carbocycles. The van der Waals surface area contributed by atoms with E-state index in [1.54, 1.807) is 11.8 Å². The SMILES string of the molecule is CCN(CC(=O)Nc1ccccc1C(F)(F)F)C(=O)C1CCN(C(=O)c2ccc(F)cc2)CC1. The van der Waals surface area contributed by atoms with E-state index in [-0.39, 0.29) is 30.6 Å². The Labute approximate surface area is 194 Å². The van der Waals surface area contributed by atoms with Crippen LogP contribution >= 0.6 is 0 Å². The van der Waals surface area contributed by atoms with Crippen LogP contribution in [0.15, 0.2) is 48.5 Å². The van der Waals surface area contributed by atoms with E-state index in [1.807, 2.05) is 0 Å². The maximum absolute atomic E-state index is 13.2. The smallest absolute Gasteiger partial charge is 0.339 e. The van der Waals surface area contributed by atoms with Gasteiger partial charge in [0.1, 0.15) is 5.82 Å². The number of halogens is 4. The van der Waals surface area contributed by atoms with Crippen molar-refractivity contribution in [2.24, 2.45) is 5.92 Å².